The van der Waals surface area contributed by atoms with Crippen molar-refractivity contribution >= 4 is 21.7 Å². The molecule has 0 saturated carbocycles. The van der Waals surface area contributed by atoms with Gasteiger partial charge in [0.1, 0.15) is 6.61 Å². The number of rotatable bonds is 4. The van der Waals surface area contributed by atoms with Gasteiger partial charge in [-0.3, -0.25) is 0 Å². The molecule has 19 heavy (non-hydrogen) atoms. The highest BCUT2D eigenvalue weighted by atomic mass is 79.9. The quantitative estimate of drug-likeness (QED) is 0.928. The van der Waals surface area contributed by atoms with Gasteiger partial charge in [0.25, 0.3) is 5.88 Å². The number of pyridine rings is 1. The van der Waals surface area contributed by atoms with Crippen LogP contribution in [0.4, 0.5) is 14.6 Å². The second kappa shape index (κ2) is 5.97. The first kappa shape index (κ1) is 13.7. The molecule has 0 fully saturated rings. The van der Waals surface area contributed by atoms with Gasteiger partial charge in [-0.05, 0) is 17.7 Å². The van der Waals surface area contributed by atoms with Crippen LogP contribution in [0.1, 0.15) is 5.56 Å². The van der Waals surface area contributed by atoms with Crippen LogP contribution in [0.3, 0.4) is 0 Å². The molecule has 0 aliphatic rings. The lowest BCUT2D eigenvalue weighted by Gasteiger charge is -2.09. The number of benzene rings is 1. The van der Waals surface area contributed by atoms with E-state index in [0.29, 0.717) is 0 Å². The first-order valence-corrected chi connectivity index (χ1v) is 6.30. The number of nitrogens with zero attached hydrogens (tertiary/aromatic N) is 1. The van der Waals surface area contributed by atoms with Gasteiger partial charge < -0.3 is 10.1 Å². The summed E-state index contributed by atoms with van der Waals surface area (Å²) in [6, 6.07) is 8.15. The maximum absolute atomic E-state index is 13.5. The summed E-state index contributed by atoms with van der Waals surface area (Å²) in [6.45, 7) is 0.151. The van der Waals surface area contributed by atoms with Crippen LogP contribution in [0, 0.1) is 11.6 Å². The minimum atomic E-state index is -0.827. The largest absolute Gasteiger partial charge is 0.471 e. The Morgan fingerprint density at radius 1 is 1.26 bits per heavy atom. The highest BCUT2D eigenvalue weighted by Gasteiger charge is 2.12. The molecule has 3 nitrogen and oxygen atoms in total. The molecule has 0 radical (unpaired) electrons. The summed E-state index contributed by atoms with van der Waals surface area (Å²) in [5, 5.41) is 2.53. The molecule has 2 rings (SSSR count). The van der Waals surface area contributed by atoms with E-state index in [1.165, 1.54) is 7.05 Å². The molecule has 0 saturated heterocycles. The van der Waals surface area contributed by atoms with Gasteiger partial charge in [-0.1, -0.05) is 28.1 Å². The summed E-state index contributed by atoms with van der Waals surface area (Å²) in [7, 11) is 1.50. The second-order valence-electron chi connectivity index (χ2n) is 3.77. The van der Waals surface area contributed by atoms with Crippen molar-refractivity contribution in [2.24, 2.45) is 0 Å². The topological polar surface area (TPSA) is 34.2 Å². The molecule has 0 aliphatic carbocycles. The Morgan fingerprint density at radius 2 is 2.05 bits per heavy atom. The van der Waals surface area contributed by atoms with Gasteiger partial charge >= 0.3 is 0 Å². The van der Waals surface area contributed by atoms with Gasteiger partial charge in [0.2, 0.25) is 0 Å². The maximum atomic E-state index is 13.5. The fourth-order valence-electron chi connectivity index (χ4n) is 1.50. The maximum Gasteiger partial charge on any atom is 0.252 e. The predicted octanol–water partition coefficient (Wildman–Crippen LogP) is 3.74. The monoisotopic (exact) mass is 328 g/mol. The van der Waals surface area contributed by atoms with Gasteiger partial charge in [-0.25, -0.2) is 8.78 Å². The third-order valence-electron chi connectivity index (χ3n) is 2.40. The van der Waals surface area contributed by atoms with Crippen molar-refractivity contribution in [1.82, 2.24) is 4.98 Å². The third kappa shape index (κ3) is 3.41. The summed E-state index contributed by atoms with van der Waals surface area (Å²) in [5.41, 5.74) is 0.853. The average molecular weight is 329 g/mol. The molecule has 0 spiro atoms. The molecule has 1 aromatic heterocycles. The second-order valence-corrected chi connectivity index (χ2v) is 4.69. The number of nitrogens with one attached hydrogen (secondary N) is 1. The molecule has 1 heterocycles. The standard InChI is InChI=1S/C13H11BrF2N2O/c1-17-12-10(15)6-11(16)13(18-12)19-7-8-3-2-4-9(14)5-8/h2-6H,7H2,1H3,(H,17,18). The Balaban J connectivity index is 2.15. The lowest BCUT2D eigenvalue weighted by molar-refractivity contribution is 0.276. The molecule has 0 bridgehead atoms. The van der Waals surface area contributed by atoms with E-state index < -0.39 is 11.6 Å². The minimum Gasteiger partial charge on any atom is -0.471 e. The Hall–Kier alpha value is -1.69. The zero-order valence-electron chi connectivity index (χ0n) is 10.1. The molecule has 0 aliphatic heterocycles. The number of halogens is 3. The zero-order valence-corrected chi connectivity index (χ0v) is 11.7. The fraction of sp³-hybridized carbons (Fsp3) is 0.154. The normalized spacial score (nSPS) is 10.3. The summed E-state index contributed by atoms with van der Waals surface area (Å²) in [6.07, 6.45) is 0. The van der Waals surface area contributed by atoms with Crippen molar-refractivity contribution in [3.63, 3.8) is 0 Å². The van der Waals surface area contributed by atoms with Gasteiger partial charge in [-0.15, -0.1) is 0 Å². The molecule has 0 unspecified atom stereocenters. The van der Waals surface area contributed by atoms with Crippen LogP contribution in [0.2, 0.25) is 0 Å². The van der Waals surface area contributed by atoms with E-state index in [-0.39, 0.29) is 18.3 Å². The molecule has 2 aromatic rings. The van der Waals surface area contributed by atoms with Crippen molar-refractivity contribution in [1.29, 1.82) is 0 Å². The van der Waals surface area contributed by atoms with Gasteiger partial charge in [0.15, 0.2) is 17.5 Å². The summed E-state index contributed by atoms with van der Waals surface area (Å²) in [5.74, 6) is -1.86. The van der Waals surface area contributed by atoms with Gasteiger partial charge in [0.05, 0.1) is 0 Å². The van der Waals surface area contributed by atoms with Crippen LogP contribution in [-0.4, -0.2) is 12.0 Å². The average Bonchev–Trinajstić information content (AvgIpc) is 2.38. The molecule has 100 valence electrons. The molecule has 0 atom stereocenters. The van der Waals surface area contributed by atoms with Crippen molar-refractivity contribution in [3.05, 3.63) is 52.0 Å². The SMILES string of the molecule is CNc1nc(OCc2cccc(Br)c2)c(F)cc1F. The molecular weight excluding hydrogens is 318 g/mol. The van der Waals surface area contributed by atoms with Crippen molar-refractivity contribution < 1.29 is 13.5 Å². The van der Waals surface area contributed by atoms with Crippen LogP contribution in [0.15, 0.2) is 34.8 Å². The highest BCUT2D eigenvalue weighted by molar-refractivity contribution is 9.10. The zero-order chi connectivity index (χ0) is 13.8. The fourth-order valence-corrected chi connectivity index (χ4v) is 1.95. The summed E-state index contributed by atoms with van der Waals surface area (Å²) < 4.78 is 32.9. The van der Waals surface area contributed by atoms with E-state index in [4.69, 9.17) is 4.74 Å². The third-order valence-corrected chi connectivity index (χ3v) is 2.89. The van der Waals surface area contributed by atoms with E-state index in [0.717, 1.165) is 16.1 Å². The smallest absolute Gasteiger partial charge is 0.252 e. The number of ether oxygens (including phenoxy) is 1. The predicted molar refractivity (Wildman–Crippen MR) is 72.2 cm³/mol. The molecule has 6 heteroatoms. The Labute approximate surface area is 117 Å². The lowest BCUT2D eigenvalue weighted by atomic mass is 10.2. The molecule has 1 N–H and O–H groups in total. The molecular formula is C13H11BrF2N2O. The molecule has 1 aromatic carbocycles. The molecule has 0 amide bonds. The van der Waals surface area contributed by atoms with Gasteiger partial charge in [-0.2, -0.15) is 4.98 Å². The van der Waals surface area contributed by atoms with Crippen LogP contribution in [0.25, 0.3) is 0 Å². The summed E-state index contributed by atoms with van der Waals surface area (Å²) in [4.78, 5) is 3.73. The van der Waals surface area contributed by atoms with Crippen molar-refractivity contribution in [3.8, 4) is 5.88 Å². The van der Waals surface area contributed by atoms with Crippen LogP contribution in [-0.2, 0) is 6.61 Å². The first-order chi connectivity index (χ1) is 9.10. The number of anilines is 1. The van der Waals surface area contributed by atoms with E-state index >= 15 is 0 Å². The Morgan fingerprint density at radius 3 is 2.74 bits per heavy atom. The van der Waals surface area contributed by atoms with E-state index in [2.05, 4.69) is 26.2 Å². The van der Waals surface area contributed by atoms with Crippen LogP contribution >= 0.6 is 15.9 Å². The number of aromatic nitrogens is 1. The van der Waals surface area contributed by atoms with E-state index in [9.17, 15) is 8.78 Å². The number of hydrogen-bond donors (Lipinski definition) is 1. The van der Waals surface area contributed by atoms with Crippen molar-refractivity contribution in [2.45, 2.75) is 6.61 Å². The van der Waals surface area contributed by atoms with E-state index in [1.54, 1.807) is 0 Å². The minimum absolute atomic E-state index is 0.0503. The number of hydrogen-bond acceptors (Lipinski definition) is 3. The van der Waals surface area contributed by atoms with Crippen LogP contribution < -0.4 is 10.1 Å². The lowest BCUT2D eigenvalue weighted by Crippen LogP contribution is -2.04. The van der Waals surface area contributed by atoms with Crippen molar-refractivity contribution in [2.75, 3.05) is 12.4 Å². The van der Waals surface area contributed by atoms with Gasteiger partial charge in [0, 0.05) is 17.6 Å². The Bertz CT molecular complexity index is 593. The first-order valence-electron chi connectivity index (χ1n) is 5.51. The highest BCUT2D eigenvalue weighted by Crippen LogP contribution is 2.21. The summed E-state index contributed by atoms with van der Waals surface area (Å²) >= 11 is 3.33. The Kier molecular flexibility index (Phi) is 4.31. The van der Waals surface area contributed by atoms with Crippen LogP contribution in [0.5, 0.6) is 5.88 Å². The van der Waals surface area contributed by atoms with E-state index in [1.807, 2.05) is 24.3 Å².